The molecule has 2 heterocycles. The fraction of sp³-hybridized carbons (Fsp3) is 0.217. The maximum atomic E-state index is 12.9. The number of carbonyl (C=O) groups is 2. The maximum absolute atomic E-state index is 12.9. The van der Waals surface area contributed by atoms with Crippen molar-refractivity contribution in [2.24, 2.45) is 0 Å². The summed E-state index contributed by atoms with van der Waals surface area (Å²) in [6.45, 7) is 1.55. The second-order valence-electron chi connectivity index (χ2n) is 6.90. The molecule has 0 atom stereocenters. The van der Waals surface area contributed by atoms with Crippen LogP contribution in [0.4, 0.5) is 11.4 Å². The first-order valence-electron chi connectivity index (χ1n) is 9.64. The molecule has 1 aliphatic heterocycles. The van der Waals surface area contributed by atoms with Gasteiger partial charge in [-0.1, -0.05) is 18.2 Å². The third-order valence-corrected chi connectivity index (χ3v) is 6.00. The molecule has 0 saturated carbocycles. The highest BCUT2D eigenvalue weighted by molar-refractivity contribution is 7.10. The van der Waals surface area contributed by atoms with Crippen LogP contribution < -0.4 is 15.0 Å². The Labute approximate surface area is 179 Å². The zero-order chi connectivity index (χ0) is 20.9. The van der Waals surface area contributed by atoms with E-state index in [1.807, 2.05) is 24.3 Å². The van der Waals surface area contributed by atoms with Gasteiger partial charge in [-0.05, 0) is 53.8 Å². The number of thiophene rings is 1. The molecule has 1 N–H and O–H groups in total. The summed E-state index contributed by atoms with van der Waals surface area (Å²) >= 11 is 1.81. The van der Waals surface area contributed by atoms with Crippen LogP contribution in [0.1, 0.15) is 20.8 Å². The smallest absolute Gasteiger partial charge is 0.343 e. The largest absolute Gasteiger partial charge is 0.482 e. The Morgan fingerprint density at radius 1 is 1.13 bits per heavy atom. The van der Waals surface area contributed by atoms with Gasteiger partial charge in [0.1, 0.15) is 5.75 Å². The molecule has 0 radical (unpaired) electrons. The Kier molecular flexibility index (Phi) is 5.99. The average molecular weight is 423 g/mol. The Hall–Kier alpha value is -3.32. The van der Waals surface area contributed by atoms with Crippen molar-refractivity contribution in [3.05, 3.63) is 76.0 Å². The standard InChI is InChI=1S/C23H22N2O4S/c1-28-22(26)15-29-18-6-4-5-16(13-18)23(27)24-19-7-2-3-8-20(19)25-11-9-21-17(14-25)10-12-30-21/h2-8,10,12-13H,9,11,14-15H2,1H3,(H,24,27). The summed E-state index contributed by atoms with van der Waals surface area (Å²) in [6.07, 6.45) is 1.01. The van der Waals surface area contributed by atoms with E-state index in [9.17, 15) is 9.59 Å². The molecule has 0 fully saturated rings. The third kappa shape index (κ3) is 4.46. The average Bonchev–Trinajstić information content (AvgIpc) is 3.26. The highest BCUT2D eigenvalue weighted by Crippen LogP contribution is 2.32. The SMILES string of the molecule is COC(=O)COc1cccc(C(=O)Nc2ccccc2N2CCc3sccc3C2)c1. The van der Waals surface area contributed by atoms with Gasteiger partial charge in [0.2, 0.25) is 0 Å². The van der Waals surface area contributed by atoms with Gasteiger partial charge in [-0.25, -0.2) is 4.79 Å². The van der Waals surface area contributed by atoms with Crippen molar-refractivity contribution in [1.29, 1.82) is 0 Å². The van der Waals surface area contributed by atoms with Gasteiger partial charge in [-0.2, -0.15) is 0 Å². The van der Waals surface area contributed by atoms with Crippen LogP contribution in [-0.2, 0) is 22.5 Å². The van der Waals surface area contributed by atoms with Crippen LogP contribution in [0.3, 0.4) is 0 Å². The number of benzene rings is 2. The van der Waals surface area contributed by atoms with E-state index in [2.05, 4.69) is 26.4 Å². The monoisotopic (exact) mass is 422 g/mol. The number of fused-ring (bicyclic) bond motifs is 1. The lowest BCUT2D eigenvalue weighted by molar-refractivity contribution is -0.142. The van der Waals surface area contributed by atoms with E-state index in [0.29, 0.717) is 11.3 Å². The van der Waals surface area contributed by atoms with Crippen molar-refractivity contribution >= 4 is 34.6 Å². The number of nitrogens with one attached hydrogen (secondary N) is 1. The number of hydrogen-bond acceptors (Lipinski definition) is 6. The molecule has 154 valence electrons. The molecule has 0 spiro atoms. The molecule has 1 amide bonds. The maximum Gasteiger partial charge on any atom is 0.343 e. The quantitative estimate of drug-likeness (QED) is 0.606. The molecular formula is C23H22N2O4S. The number of methoxy groups -OCH3 is 1. The Balaban J connectivity index is 1.49. The van der Waals surface area contributed by atoms with E-state index in [0.717, 1.165) is 30.9 Å². The molecule has 3 aromatic rings. The van der Waals surface area contributed by atoms with Crippen LogP contribution >= 0.6 is 11.3 Å². The van der Waals surface area contributed by atoms with Crippen molar-refractivity contribution in [2.75, 3.05) is 30.5 Å². The van der Waals surface area contributed by atoms with Crippen molar-refractivity contribution in [1.82, 2.24) is 0 Å². The van der Waals surface area contributed by atoms with Crippen molar-refractivity contribution in [2.45, 2.75) is 13.0 Å². The molecule has 0 saturated heterocycles. The lowest BCUT2D eigenvalue weighted by Crippen LogP contribution is -2.30. The van der Waals surface area contributed by atoms with Crippen LogP contribution in [0.25, 0.3) is 0 Å². The molecule has 7 heteroatoms. The van der Waals surface area contributed by atoms with E-state index in [4.69, 9.17) is 4.74 Å². The van der Waals surface area contributed by atoms with E-state index in [1.54, 1.807) is 35.6 Å². The third-order valence-electron chi connectivity index (χ3n) is 4.98. The van der Waals surface area contributed by atoms with E-state index in [1.165, 1.54) is 17.6 Å². The molecule has 2 aromatic carbocycles. The molecule has 0 bridgehead atoms. The number of nitrogens with zero attached hydrogens (tertiary/aromatic N) is 1. The van der Waals surface area contributed by atoms with Crippen LogP contribution in [0.2, 0.25) is 0 Å². The van der Waals surface area contributed by atoms with Crippen LogP contribution in [0.5, 0.6) is 5.75 Å². The minimum atomic E-state index is -0.478. The Morgan fingerprint density at radius 3 is 2.87 bits per heavy atom. The van der Waals surface area contributed by atoms with Gasteiger partial charge in [0, 0.05) is 23.5 Å². The summed E-state index contributed by atoms with van der Waals surface area (Å²) in [7, 11) is 1.30. The first-order valence-corrected chi connectivity index (χ1v) is 10.5. The lowest BCUT2D eigenvalue weighted by Gasteiger charge is -2.30. The van der Waals surface area contributed by atoms with E-state index < -0.39 is 5.97 Å². The number of carbonyl (C=O) groups excluding carboxylic acids is 2. The number of para-hydroxylation sites is 2. The molecule has 1 aromatic heterocycles. The number of hydrogen-bond donors (Lipinski definition) is 1. The second kappa shape index (κ2) is 9.00. The highest BCUT2D eigenvalue weighted by Gasteiger charge is 2.20. The van der Waals surface area contributed by atoms with Gasteiger partial charge in [-0.15, -0.1) is 11.3 Å². The predicted molar refractivity (Wildman–Crippen MR) is 117 cm³/mol. The molecule has 30 heavy (non-hydrogen) atoms. The van der Waals surface area contributed by atoms with Crippen LogP contribution in [0, 0.1) is 0 Å². The summed E-state index contributed by atoms with van der Waals surface area (Å²) in [5.41, 5.74) is 3.57. The molecular weight excluding hydrogens is 400 g/mol. The summed E-state index contributed by atoms with van der Waals surface area (Å²) < 4.78 is 9.95. The molecule has 0 unspecified atom stereocenters. The molecule has 4 rings (SSSR count). The summed E-state index contributed by atoms with van der Waals surface area (Å²) in [5, 5.41) is 5.16. The second-order valence-corrected chi connectivity index (χ2v) is 7.91. The minimum absolute atomic E-state index is 0.204. The van der Waals surface area contributed by atoms with Crippen molar-refractivity contribution < 1.29 is 19.1 Å². The van der Waals surface area contributed by atoms with Crippen LogP contribution in [-0.4, -0.2) is 32.1 Å². The number of anilines is 2. The number of esters is 1. The van der Waals surface area contributed by atoms with E-state index in [-0.39, 0.29) is 12.5 Å². The van der Waals surface area contributed by atoms with Gasteiger partial charge in [0.05, 0.1) is 18.5 Å². The zero-order valence-electron chi connectivity index (χ0n) is 16.6. The van der Waals surface area contributed by atoms with Gasteiger partial charge in [0.25, 0.3) is 5.91 Å². The highest BCUT2D eigenvalue weighted by atomic mass is 32.1. The normalized spacial score (nSPS) is 12.8. The minimum Gasteiger partial charge on any atom is -0.482 e. The fourth-order valence-electron chi connectivity index (χ4n) is 3.43. The first kappa shape index (κ1) is 20.0. The fourth-order valence-corrected chi connectivity index (χ4v) is 4.32. The van der Waals surface area contributed by atoms with Crippen LogP contribution in [0.15, 0.2) is 60.0 Å². The number of rotatable bonds is 6. The summed E-state index contributed by atoms with van der Waals surface area (Å²) in [4.78, 5) is 27.9. The first-order chi connectivity index (χ1) is 14.6. The van der Waals surface area contributed by atoms with E-state index >= 15 is 0 Å². The predicted octanol–water partition coefficient (Wildman–Crippen LogP) is 4.11. The molecule has 6 nitrogen and oxygen atoms in total. The van der Waals surface area contributed by atoms with Gasteiger partial charge in [-0.3, -0.25) is 4.79 Å². The van der Waals surface area contributed by atoms with Crippen molar-refractivity contribution in [3.8, 4) is 5.75 Å². The van der Waals surface area contributed by atoms with Gasteiger partial charge < -0.3 is 19.7 Å². The zero-order valence-corrected chi connectivity index (χ0v) is 17.4. The van der Waals surface area contributed by atoms with Crippen molar-refractivity contribution in [3.63, 3.8) is 0 Å². The van der Waals surface area contributed by atoms with Gasteiger partial charge in [0.15, 0.2) is 6.61 Å². The number of amides is 1. The summed E-state index contributed by atoms with van der Waals surface area (Å²) in [6, 6.07) is 16.7. The molecule has 0 aliphatic carbocycles. The lowest BCUT2D eigenvalue weighted by atomic mass is 10.1. The Morgan fingerprint density at radius 2 is 2.00 bits per heavy atom. The summed E-state index contributed by atoms with van der Waals surface area (Å²) in [5.74, 6) is -0.282. The Bertz CT molecular complexity index is 1060. The topological polar surface area (TPSA) is 67.9 Å². The number of ether oxygens (including phenoxy) is 2. The van der Waals surface area contributed by atoms with Gasteiger partial charge >= 0.3 is 5.97 Å². The molecule has 1 aliphatic rings.